The molecule has 3 aliphatic rings. The van der Waals surface area contributed by atoms with Crippen LogP contribution in [0.5, 0.6) is 0 Å². The molecule has 10 atom stereocenters. The molecule has 2 saturated heterocycles. The van der Waals surface area contributed by atoms with Gasteiger partial charge in [-0.3, -0.25) is 33.7 Å². The molecule has 24 nitrogen and oxygen atoms in total. The lowest BCUT2D eigenvalue weighted by Gasteiger charge is -2.41. The second-order valence-corrected chi connectivity index (χ2v) is 22.8. The number of carbonyl (C=O) groups is 9. The number of rotatable bonds is 31. The van der Waals surface area contributed by atoms with E-state index in [0.29, 0.717) is 36.9 Å². The predicted octanol–water partition coefficient (Wildman–Crippen LogP) is 5.32. The van der Waals surface area contributed by atoms with E-state index in [-0.39, 0.29) is 120 Å². The first-order valence-corrected chi connectivity index (χ1v) is 28.7. The molecule has 0 unspecified atom stereocenters. The zero-order valence-electron chi connectivity index (χ0n) is 49.9. The number of hydrogen-bond donors (Lipinski definition) is 7. The molecule has 9 amide bonds. The van der Waals surface area contributed by atoms with Crippen molar-refractivity contribution in [2.75, 3.05) is 51.7 Å². The highest BCUT2D eigenvalue weighted by molar-refractivity contribution is 6.12. The highest BCUT2D eigenvalue weighted by Gasteiger charge is 2.41. The summed E-state index contributed by atoms with van der Waals surface area (Å²) < 4.78 is 29.7. The SMILES string of the molecule is CO[C@@H]([C@@H](C)O)[C@@H](C)OC(C)(C)C[C@H](C)/C=C/C=C(\C)[C@H]1O[C@@H](CC(=O)O)C[C@@H](OC(=O)N2CCN(C(=O)OCc3ccc(NC(=O)[C@H](CCCNC(N)=O)NC(=O)[C@@H](NC(=O)CCCCCN4C(=O)C=CC4=O)C(C)C)cc3)CC2)[C@@H]1C. The molecule has 0 bridgehead atoms. The molecule has 83 heavy (non-hydrogen) atoms. The highest BCUT2D eigenvalue weighted by Crippen LogP contribution is 2.34. The molecule has 0 saturated carbocycles. The van der Waals surface area contributed by atoms with Crippen molar-refractivity contribution in [2.24, 2.45) is 23.5 Å². The molecular weight excluding hydrogens is 1080 g/mol. The molecule has 0 radical (unpaired) electrons. The molecule has 0 aliphatic carbocycles. The number of imide groups is 1. The van der Waals surface area contributed by atoms with E-state index in [0.717, 1.165) is 10.5 Å². The van der Waals surface area contributed by atoms with Gasteiger partial charge in [0.1, 0.15) is 30.9 Å². The Kier molecular flexibility index (Phi) is 27.6. The summed E-state index contributed by atoms with van der Waals surface area (Å²) in [4.78, 5) is 118. The standard InChI is InChI=1S/C59H90N8O16/c1-36(2)51(64-47(69)19-12-11-13-27-67-48(70)24-25-49(67)71)55(75)63-45(18-15-26-61-56(60)76)54(74)62-43-22-20-42(21-23-43)35-80-57(77)65-28-30-66(31-29-65)58(78)82-46-32-44(33-50(72)73)81-52(39(46)5)38(4)17-14-16-37(3)34-59(8,9)83-41(7)53(79-10)40(6)68/h14,16-17,20-25,36-37,39-41,44-46,51-53,68H,11-13,15,18-19,26-35H2,1-10H3,(H,62,74)(H,63,75)(H,64,69)(H,72,73)(H3,60,61,76)/b16-14+,38-17+/t37-,39+,40-,41-,44-,45+,46-,51+,52-,53+/m1/s1. The molecule has 4 rings (SSSR count). The van der Waals surface area contributed by atoms with Crippen LogP contribution in [0.25, 0.3) is 0 Å². The summed E-state index contributed by atoms with van der Waals surface area (Å²) in [5, 5.41) is 30.5. The average Bonchev–Trinajstić information content (AvgIpc) is 3.82. The normalized spacial score (nSPS) is 20.8. The van der Waals surface area contributed by atoms with Crippen molar-refractivity contribution in [1.29, 1.82) is 0 Å². The number of urea groups is 1. The number of benzene rings is 1. The van der Waals surface area contributed by atoms with E-state index in [1.807, 2.05) is 46.8 Å². The Morgan fingerprint density at radius 1 is 0.880 bits per heavy atom. The number of carboxylic acids is 1. The molecule has 462 valence electrons. The molecule has 24 heteroatoms. The van der Waals surface area contributed by atoms with E-state index in [2.05, 4.69) is 34.3 Å². The first-order chi connectivity index (χ1) is 39.2. The molecule has 0 spiro atoms. The van der Waals surface area contributed by atoms with Crippen LogP contribution in [0, 0.1) is 17.8 Å². The summed E-state index contributed by atoms with van der Waals surface area (Å²) in [6, 6.07) is 3.73. The number of nitrogens with two attached hydrogens (primary N) is 1. The van der Waals surface area contributed by atoms with Crippen LogP contribution in [0.2, 0.25) is 0 Å². The second-order valence-electron chi connectivity index (χ2n) is 22.8. The number of carboxylic acid groups (broad SMARTS) is 1. The lowest BCUT2D eigenvalue weighted by molar-refractivity contribution is -0.151. The summed E-state index contributed by atoms with van der Waals surface area (Å²) in [6.07, 6.45) is 6.44. The zero-order chi connectivity index (χ0) is 61.6. The van der Waals surface area contributed by atoms with E-state index in [4.69, 9.17) is 29.4 Å². The van der Waals surface area contributed by atoms with Gasteiger partial charge in [-0.05, 0) is 102 Å². The van der Waals surface area contributed by atoms with E-state index in [1.165, 1.54) is 22.0 Å². The minimum Gasteiger partial charge on any atom is -0.481 e. The lowest BCUT2D eigenvalue weighted by atomic mass is 9.85. The molecule has 8 N–H and O–H groups in total. The van der Waals surface area contributed by atoms with Gasteiger partial charge in [0.25, 0.3) is 11.8 Å². The predicted molar refractivity (Wildman–Crippen MR) is 307 cm³/mol. The Hall–Kier alpha value is -6.89. The number of methoxy groups -OCH3 is 1. The van der Waals surface area contributed by atoms with Crippen LogP contribution in [0.1, 0.15) is 126 Å². The van der Waals surface area contributed by atoms with Gasteiger partial charge in [0.05, 0.1) is 36.4 Å². The minimum absolute atomic E-state index is 0.0990. The van der Waals surface area contributed by atoms with Gasteiger partial charge in [-0.25, -0.2) is 14.4 Å². The fourth-order valence-corrected chi connectivity index (χ4v) is 10.4. The van der Waals surface area contributed by atoms with Gasteiger partial charge in [-0.1, -0.05) is 64.5 Å². The number of unbranched alkanes of at least 4 members (excludes halogenated alkanes) is 2. The Labute approximate surface area is 487 Å². The number of nitrogens with zero attached hydrogens (tertiary/aromatic N) is 3. The smallest absolute Gasteiger partial charge is 0.410 e. The van der Waals surface area contributed by atoms with Gasteiger partial charge in [0.15, 0.2) is 0 Å². The fraction of sp³-hybridized carbons (Fsp3) is 0.644. The number of aliphatic hydroxyl groups is 1. The third-order valence-corrected chi connectivity index (χ3v) is 14.8. The summed E-state index contributed by atoms with van der Waals surface area (Å²) in [6.45, 7) is 17.9. The number of ether oxygens (including phenoxy) is 5. The van der Waals surface area contributed by atoms with Crippen molar-refractivity contribution in [1.82, 2.24) is 30.7 Å². The molecule has 0 aromatic heterocycles. The Bertz CT molecular complexity index is 2440. The number of amides is 9. The number of anilines is 1. The zero-order valence-corrected chi connectivity index (χ0v) is 49.9. The topological polar surface area (TPSA) is 324 Å². The van der Waals surface area contributed by atoms with Gasteiger partial charge >= 0.3 is 24.2 Å². The van der Waals surface area contributed by atoms with Crippen molar-refractivity contribution in [3.63, 3.8) is 0 Å². The number of allylic oxidation sites excluding steroid dienone is 3. The third kappa shape index (κ3) is 23.0. The van der Waals surface area contributed by atoms with E-state index >= 15 is 0 Å². The van der Waals surface area contributed by atoms with Crippen LogP contribution in [-0.4, -0.2) is 179 Å². The van der Waals surface area contributed by atoms with Crippen LogP contribution in [0.3, 0.4) is 0 Å². The molecule has 1 aromatic rings. The van der Waals surface area contributed by atoms with Gasteiger partial charge in [0, 0.05) is 83.0 Å². The Morgan fingerprint density at radius 2 is 1.52 bits per heavy atom. The molecule has 1 aromatic carbocycles. The number of hydrogen-bond acceptors (Lipinski definition) is 15. The maximum Gasteiger partial charge on any atom is 0.410 e. The number of aliphatic hydroxyl groups excluding tert-OH is 1. The first kappa shape index (κ1) is 68.6. The monoisotopic (exact) mass is 1170 g/mol. The van der Waals surface area contributed by atoms with E-state index in [1.54, 1.807) is 52.1 Å². The third-order valence-electron chi connectivity index (χ3n) is 14.8. The largest absolute Gasteiger partial charge is 0.481 e. The summed E-state index contributed by atoms with van der Waals surface area (Å²) in [5.41, 5.74) is 6.52. The van der Waals surface area contributed by atoms with Gasteiger partial charge < -0.3 is 70.7 Å². The number of carbonyl (C=O) groups excluding carboxylic acids is 8. The average molecular weight is 1170 g/mol. The summed E-state index contributed by atoms with van der Waals surface area (Å²) in [5.74, 6) is -3.84. The van der Waals surface area contributed by atoms with Gasteiger partial charge in [-0.15, -0.1) is 0 Å². The first-order valence-electron chi connectivity index (χ1n) is 28.7. The molecule has 2 fully saturated rings. The maximum atomic E-state index is 13.7. The van der Waals surface area contributed by atoms with E-state index < -0.39 is 84.2 Å². The van der Waals surface area contributed by atoms with Crippen LogP contribution in [-0.2, 0) is 59.1 Å². The molecular formula is C59H90N8O16. The minimum atomic E-state index is -1.08. The van der Waals surface area contributed by atoms with Gasteiger partial charge in [0.2, 0.25) is 17.7 Å². The van der Waals surface area contributed by atoms with Crippen LogP contribution in [0.15, 0.2) is 60.2 Å². The fourth-order valence-electron chi connectivity index (χ4n) is 10.4. The quantitative estimate of drug-likeness (QED) is 0.0281. The Morgan fingerprint density at radius 3 is 2.11 bits per heavy atom. The van der Waals surface area contributed by atoms with Crippen molar-refractivity contribution in [3.8, 4) is 0 Å². The van der Waals surface area contributed by atoms with Crippen molar-refractivity contribution >= 4 is 59.4 Å². The van der Waals surface area contributed by atoms with Gasteiger partial charge in [-0.2, -0.15) is 0 Å². The van der Waals surface area contributed by atoms with E-state index in [9.17, 15) is 53.4 Å². The lowest BCUT2D eigenvalue weighted by Crippen LogP contribution is -2.54. The van der Waals surface area contributed by atoms with Crippen LogP contribution in [0.4, 0.5) is 20.1 Å². The highest BCUT2D eigenvalue weighted by atomic mass is 16.6. The van der Waals surface area contributed by atoms with Crippen LogP contribution < -0.4 is 27.0 Å². The number of piperazine rings is 1. The molecule has 3 aliphatic heterocycles. The second kappa shape index (κ2) is 33.4. The maximum absolute atomic E-state index is 13.7. The van der Waals surface area contributed by atoms with Crippen molar-refractivity contribution < 1.29 is 77.0 Å². The van der Waals surface area contributed by atoms with Crippen molar-refractivity contribution in [2.45, 2.75) is 181 Å². The summed E-state index contributed by atoms with van der Waals surface area (Å²) >= 11 is 0. The Balaban J connectivity index is 1.26. The number of aliphatic carboxylic acids is 1. The number of primary amides is 1. The summed E-state index contributed by atoms with van der Waals surface area (Å²) in [7, 11) is 1.55. The molecule has 3 heterocycles. The van der Waals surface area contributed by atoms with Crippen molar-refractivity contribution in [3.05, 3.63) is 65.8 Å². The van der Waals surface area contributed by atoms with Crippen LogP contribution >= 0.6 is 0 Å². The number of nitrogens with one attached hydrogen (secondary N) is 4.